The quantitative estimate of drug-likeness (QED) is 0.690. The monoisotopic (exact) mass is 239 g/mol. The Morgan fingerprint density at radius 3 is 2.75 bits per heavy atom. The third kappa shape index (κ3) is 2.04. The van der Waals surface area contributed by atoms with Gasteiger partial charge in [0.25, 0.3) is 5.91 Å². The summed E-state index contributed by atoms with van der Waals surface area (Å²) in [6.07, 6.45) is 0.409. The van der Waals surface area contributed by atoms with Crippen molar-refractivity contribution in [3.63, 3.8) is 0 Å². The van der Waals surface area contributed by atoms with Gasteiger partial charge in [0, 0.05) is 13.0 Å². The van der Waals surface area contributed by atoms with Crippen LogP contribution in [0.2, 0.25) is 5.15 Å². The average molecular weight is 240 g/mol. The summed E-state index contributed by atoms with van der Waals surface area (Å²) in [6.45, 7) is 2.38. The van der Waals surface area contributed by atoms with Gasteiger partial charge in [-0.15, -0.1) is 10.2 Å². The van der Waals surface area contributed by atoms with Crippen molar-refractivity contribution in [1.29, 1.82) is 0 Å². The number of amides is 2. The minimum absolute atomic E-state index is 0.145. The lowest BCUT2D eigenvalue weighted by atomic mass is 10.2. The molecule has 0 bridgehead atoms. The molecule has 0 aromatic carbocycles. The average Bonchev–Trinajstić information content (AvgIpc) is 2.58. The van der Waals surface area contributed by atoms with Crippen molar-refractivity contribution in [1.82, 2.24) is 15.1 Å². The molecule has 0 aliphatic carbocycles. The van der Waals surface area contributed by atoms with E-state index < -0.39 is 5.91 Å². The van der Waals surface area contributed by atoms with Gasteiger partial charge in [-0.2, -0.15) is 0 Å². The Hall–Kier alpha value is -1.49. The Balaban J connectivity index is 2.19. The molecule has 2 amide bonds. The molecule has 1 unspecified atom stereocenters. The molecule has 0 N–H and O–H groups in total. The lowest BCUT2D eigenvalue weighted by Crippen LogP contribution is -2.33. The summed E-state index contributed by atoms with van der Waals surface area (Å²) in [5.74, 6) is -0.357. The first-order valence-electron chi connectivity index (χ1n) is 4.92. The number of aromatic nitrogens is 2. The van der Waals surface area contributed by atoms with Gasteiger partial charge < -0.3 is 0 Å². The highest BCUT2D eigenvalue weighted by molar-refractivity contribution is 6.29. The highest BCUT2D eigenvalue weighted by Crippen LogP contribution is 2.18. The molecule has 1 aliphatic rings. The van der Waals surface area contributed by atoms with Gasteiger partial charge in [0.05, 0.1) is 0 Å². The lowest BCUT2D eigenvalue weighted by molar-refractivity contribution is -0.125. The second kappa shape index (κ2) is 4.17. The van der Waals surface area contributed by atoms with Gasteiger partial charge in [-0.05, 0) is 18.1 Å². The van der Waals surface area contributed by atoms with Crippen molar-refractivity contribution in [3.8, 4) is 0 Å². The van der Waals surface area contributed by atoms with E-state index in [1.165, 1.54) is 17.0 Å². The first kappa shape index (κ1) is 11.0. The summed E-state index contributed by atoms with van der Waals surface area (Å²) in [6, 6.07) is 2.94. The number of rotatable bonds is 1. The van der Waals surface area contributed by atoms with Crippen molar-refractivity contribution >= 4 is 23.4 Å². The maximum atomic E-state index is 11.9. The minimum Gasteiger partial charge on any atom is -0.277 e. The van der Waals surface area contributed by atoms with Crippen LogP contribution in [-0.4, -0.2) is 33.5 Å². The second-order valence-corrected chi connectivity index (χ2v) is 4.25. The number of carbonyl (C=O) groups is 2. The van der Waals surface area contributed by atoms with Crippen LogP contribution in [0.3, 0.4) is 0 Å². The van der Waals surface area contributed by atoms with Crippen LogP contribution in [0.5, 0.6) is 0 Å². The molecule has 0 saturated carbocycles. The molecule has 1 aromatic rings. The number of likely N-dealkylation sites (tertiary alicyclic amines) is 1. The molecule has 16 heavy (non-hydrogen) atoms. The van der Waals surface area contributed by atoms with E-state index in [0.717, 1.165) is 0 Å². The van der Waals surface area contributed by atoms with Crippen molar-refractivity contribution in [3.05, 3.63) is 23.0 Å². The van der Waals surface area contributed by atoms with Crippen LogP contribution in [0.4, 0.5) is 0 Å². The third-order valence-electron chi connectivity index (χ3n) is 2.41. The molecule has 0 radical (unpaired) electrons. The first-order valence-corrected chi connectivity index (χ1v) is 5.29. The van der Waals surface area contributed by atoms with Crippen LogP contribution in [0, 0.1) is 5.92 Å². The van der Waals surface area contributed by atoms with Crippen LogP contribution >= 0.6 is 11.6 Å². The van der Waals surface area contributed by atoms with E-state index in [9.17, 15) is 9.59 Å². The van der Waals surface area contributed by atoms with Crippen molar-refractivity contribution < 1.29 is 9.59 Å². The van der Waals surface area contributed by atoms with Gasteiger partial charge in [-0.3, -0.25) is 14.5 Å². The van der Waals surface area contributed by atoms with E-state index in [1.807, 2.05) is 6.92 Å². The van der Waals surface area contributed by atoms with Crippen LogP contribution in [0.1, 0.15) is 23.8 Å². The maximum Gasteiger partial charge on any atom is 0.280 e. The van der Waals surface area contributed by atoms with Gasteiger partial charge in [-0.1, -0.05) is 18.5 Å². The molecule has 6 heteroatoms. The zero-order chi connectivity index (χ0) is 11.7. The van der Waals surface area contributed by atoms with E-state index in [1.54, 1.807) is 0 Å². The Kier molecular flexibility index (Phi) is 2.87. The van der Waals surface area contributed by atoms with E-state index in [-0.39, 0.29) is 22.7 Å². The summed E-state index contributed by atoms with van der Waals surface area (Å²) in [5.41, 5.74) is 0.145. The molecule has 5 nitrogen and oxygen atoms in total. The minimum atomic E-state index is -0.404. The number of hydrogen-bond donors (Lipinski definition) is 0. The van der Waals surface area contributed by atoms with E-state index in [4.69, 9.17) is 11.6 Å². The molecular weight excluding hydrogens is 230 g/mol. The third-order valence-corrected chi connectivity index (χ3v) is 2.62. The number of imide groups is 1. The highest BCUT2D eigenvalue weighted by atomic mass is 35.5. The summed E-state index contributed by atoms with van der Waals surface area (Å²) >= 11 is 5.56. The topological polar surface area (TPSA) is 63.2 Å². The molecule has 1 atom stereocenters. The zero-order valence-electron chi connectivity index (χ0n) is 8.68. The standard InChI is InChI=1S/C10H10ClN3O2/c1-6-4-9(15)14(5-6)10(16)7-2-3-8(11)13-12-7/h2-3,6H,4-5H2,1H3. The van der Waals surface area contributed by atoms with E-state index in [2.05, 4.69) is 10.2 Å². The van der Waals surface area contributed by atoms with E-state index >= 15 is 0 Å². The molecule has 1 saturated heterocycles. The van der Waals surface area contributed by atoms with Gasteiger partial charge in [0.1, 0.15) is 0 Å². The predicted octanol–water partition coefficient (Wildman–Crippen LogP) is 1.14. The molecule has 1 fully saturated rings. The molecule has 1 aliphatic heterocycles. The van der Waals surface area contributed by atoms with Gasteiger partial charge in [0.2, 0.25) is 5.91 Å². The van der Waals surface area contributed by atoms with Crippen LogP contribution in [0.15, 0.2) is 12.1 Å². The van der Waals surface area contributed by atoms with Crippen molar-refractivity contribution in [2.45, 2.75) is 13.3 Å². The van der Waals surface area contributed by atoms with Gasteiger partial charge in [0.15, 0.2) is 10.8 Å². The fourth-order valence-corrected chi connectivity index (χ4v) is 1.75. The van der Waals surface area contributed by atoms with Crippen LogP contribution in [-0.2, 0) is 4.79 Å². The normalized spacial score (nSPS) is 20.2. The van der Waals surface area contributed by atoms with Crippen LogP contribution in [0.25, 0.3) is 0 Å². The smallest absolute Gasteiger partial charge is 0.277 e. The fourth-order valence-electron chi connectivity index (χ4n) is 1.65. The molecule has 1 aromatic heterocycles. The summed E-state index contributed by atoms with van der Waals surface area (Å²) < 4.78 is 0. The Labute approximate surface area is 97.4 Å². The maximum absolute atomic E-state index is 11.9. The predicted molar refractivity (Wildman–Crippen MR) is 56.9 cm³/mol. The number of carbonyl (C=O) groups excluding carboxylic acids is 2. The number of nitrogens with zero attached hydrogens (tertiary/aromatic N) is 3. The fraction of sp³-hybridized carbons (Fsp3) is 0.400. The lowest BCUT2D eigenvalue weighted by Gasteiger charge is -2.12. The molecule has 2 rings (SSSR count). The molecule has 84 valence electrons. The molecule has 2 heterocycles. The van der Waals surface area contributed by atoms with Crippen LogP contribution < -0.4 is 0 Å². The Morgan fingerprint density at radius 2 is 2.25 bits per heavy atom. The number of hydrogen-bond acceptors (Lipinski definition) is 4. The van der Waals surface area contributed by atoms with Gasteiger partial charge in [-0.25, -0.2) is 0 Å². The highest BCUT2D eigenvalue weighted by Gasteiger charge is 2.32. The van der Waals surface area contributed by atoms with E-state index in [0.29, 0.717) is 13.0 Å². The summed E-state index contributed by atoms with van der Waals surface area (Å²) in [7, 11) is 0. The van der Waals surface area contributed by atoms with Crippen molar-refractivity contribution in [2.24, 2.45) is 5.92 Å². The second-order valence-electron chi connectivity index (χ2n) is 3.86. The van der Waals surface area contributed by atoms with Gasteiger partial charge >= 0.3 is 0 Å². The Morgan fingerprint density at radius 1 is 1.50 bits per heavy atom. The summed E-state index contributed by atoms with van der Waals surface area (Å²) in [5, 5.41) is 7.45. The first-order chi connectivity index (χ1) is 7.58. The zero-order valence-corrected chi connectivity index (χ0v) is 9.44. The summed E-state index contributed by atoms with van der Waals surface area (Å²) in [4.78, 5) is 24.6. The largest absolute Gasteiger partial charge is 0.280 e. The molecular formula is C10H10ClN3O2. The number of halogens is 1. The van der Waals surface area contributed by atoms with Crippen molar-refractivity contribution in [2.75, 3.05) is 6.54 Å². The SMILES string of the molecule is CC1CC(=O)N(C(=O)c2ccc(Cl)nn2)C1. The Bertz CT molecular complexity index is 432. The molecule has 0 spiro atoms.